The highest BCUT2D eigenvalue weighted by Gasteiger charge is 2.23. The van der Waals surface area contributed by atoms with Gasteiger partial charge in [-0.1, -0.05) is 41.1 Å². The summed E-state index contributed by atoms with van der Waals surface area (Å²) in [7, 11) is 0. The van der Waals surface area contributed by atoms with Gasteiger partial charge >= 0.3 is 5.97 Å². The molecule has 1 N–H and O–H groups in total. The highest BCUT2D eigenvalue weighted by Crippen LogP contribution is 2.28. The van der Waals surface area contributed by atoms with E-state index in [2.05, 4.69) is 21.2 Å². The van der Waals surface area contributed by atoms with Crippen LogP contribution >= 0.6 is 15.9 Å². The number of nitrogens with one attached hydrogen (secondary N) is 1. The maximum absolute atomic E-state index is 12.8. The van der Waals surface area contributed by atoms with Gasteiger partial charge in [-0.3, -0.25) is 14.9 Å². The van der Waals surface area contributed by atoms with Gasteiger partial charge in [0.1, 0.15) is 5.69 Å². The van der Waals surface area contributed by atoms with E-state index in [-0.39, 0.29) is 35.4 Å². The van der Waals surface area contributed by atoms with E-state index in [4.69, 9.17) is 4.74 Å². The van der Waals surface area contributed by atoms with Gasteiger partial charge in [0.15, 0.2) is 0 Å². The van der Waals surface area contributed by atoms with Gasteiger partial charge in [0.25, 0.3) is 5.69 Å². The second kappa shape index (κ2) is 9.98. The Hall–Kier alpha value is -2.74. The van der Waals surface area contributed by atoms with Crippen molar-refractivity contribution in [2.45, 2.75) is 26.7 Å². The topological polar surface area (TPSA) is 98.5 Å². The van der Waals surface area contributed by atoms with Crippen molar-refractivity contribution in [1.29, 1.82) is 0 Å². The number of carbonyl (C=O) groups is 2. The van der Waals surface area contributed by atoms with Crippen LogP contribution in [0.5, 0.6) is 0 Å². The second-order valence-corrected chi connectivity index (χ2v) is 6.95. The summed E-state index contributed by atoms with van der Waals surface area (Å²) >= 11 is 3.47. The van der Waals surface area contributed by atoms with Crippen LogP contribution in [0, 0.1) is 16.0 Å². The van der Waals surface area contributed by atoms with E-state index in [1.54, 1.807) is 6.92 Å². The van der Waals surface area contributed by atoms with Crippen molar-refractivity contribution >= 4 is 39.2 Å². The van der Waals surface area contributed by atoms with Crippen molar-refractivity contribution < 1.29 is 19.2 Å². The average molecular weight is 449 g/mol. The van der Waals surface area contributed by atoms with Gasteiger partial charge in [-0.05, 0) is 43.5 Å². The molecular weight excluding hydrogens is 428 g/mol. The summed E-state index contributed by atoms with van der Waals surface area (Å²) in [4.78, 5) is 35.4. The van der Waals surface area contributed by atoms with E-state index in [1.165, 1.54) is 18.2 Å². The first-order valence-corrected chi connectivity index (χ1v) is 9.66. The first-order valence-electron chi connectivity index (χ1n) is 8.87. The van der Waals surface area contributed by atoms with Crippen molar-refractivity contribution in [2.75, 3.05) is 11.9 Å². The van der Waals surface area contributed by atoms with Crippen molar-refractivity contribution in [1.82, 2.24) is 0 Å². The first kappa shape index (κ1) is 21.6. The van der Waals surface area contributed by atoms with E-state index in [0.29, 0.717) is 12.8 Å². The number of halogens is 1. The number of esters is 1. The van der Waals surface area contributed by atoms with Gasteiger partial charge < -0.3 is 10.1 Å². The predicted octanol–water partition coefficient (Wildman–Crippen LogP) is 4.74. The lowest BCUT2D eigenvalue weighted by Crippen LogP contribution is -2.25. The number of anilines is 1. The van der Waals surface area contributed by atoms with E-state index in [9.17, 15) is 19.7 Å². The molecule has 28 heavy (non-hydrogen) atoms. The lowest BCUT2D eigenvalue weighted by molar-refractivity contribution is -0.383. The Morgan fingerprint density at radius 1 is 1.21 bits per heavy atom. The van der Waals surface area contributed by atoms with Crippen LogP contribution in [-0.4, -0.2) is 23.4 Å². The average Bonchev–Trinajstić information content (AvgIpc) is 2.67. The highest BCUT2D eigenvalue weighted by molar-refractivity contribution is 9.10. The van der Waals surface area contributed by atoms with Gasteiger partial charge in [-0.2, -0.15) is 0 Å². The van der Waals surface area contributed by atoms with Gasteiger partial charge in [0.2, 0.25) is 5.91 Å². The number of hydrogen-bond donors (Lipinski definition) is 1. The lowest BCUT2D eigenvalue weighted by atomic mass is 9.96. The van der Waals surface area contributed by atoms with Crippen LogP contribution in [0.25, 0.3) is 0 Å². The van der Waals surface area contributed by atoms with Gasteiger partial charge in [-0.15, -0.1) is 0 Å². The summed E-state index contributed by atoms with van der Waals surface area (Å²) in [5.74, 6) is -1.33. The minimum Gasteiger partial charge on any atom is -0.462 e. The molecule has 1 atom stereocenters. The van der Waals surface area contributed by atoms with Crippen LogP contribution < -0.4 is 5.32 Å². The maximum atomic E-state index is 12.8. The van der Waals surface area contributed by atoms with Gasteiger partial charge in [0, 0.05) is 16.5 Å². The molecule has 0 aliphatic rings. The molecule has 0 saturated heterocycles. The van der Waals surface area contributed by atoms with Crippen LogP contribution in [-0.2, 0) is 16.0 Å². The molecule has 8 heteroatoms. The molecule has 0 radical (unpaired) electrons. The van der Waals surface area contributed by atoms with Crippen LogP contribution in [0.2, 0.25) is 0 Å². The molecule has 2 aromatic carbocycles. The lowest BCUT2D eigenvalue weighted by Gasteiger charge is -2.16. The van der Waals surface area contributed by atoms with Crippen LogP contribution in [0.1, 0.15) is 36.2 Å². The standard InChI is InChI=1S/C20H21BrN2O5/c1-3-13(11-14-7-5-6-8-16(14)21)19(24)22-17-12-15(20(25)28-4-2)9-10-18(17)23(26)27/h5-10,12-13H,3-4,11H2,1-2H3,(H,22,24). The number of nitro groups is 1. The Morgan fingerprint density at radius 2 is 1.93 bits per heavy atom. The molecule has 0 heterocycles. The SMILES string of the molecule is CCOC(=O)c1ccc([N+](=O)[O-])c(NC(=O)C(CC)Cc2ccccc2Br)c1. The number of carbonyl (C=O) groups excluding carboxylic acids is 2. The van der Waals surface area contributed by atoms with Crippen molar-refractivity contribution in [3.8, 4) is 0 Å². The monoisotopic (exact) mass is 448 g/mol. The molecule has 1 amide bonds. The maximum Gasteiger partial charge on any atom is 0.338 e. The highest BCUT2D eigenvalue weighted by atomic mass is 79.9. The molecule has 2 aromatic rings. The Balaban J connectivity index is 2.26. The van der Waals surface area contributed by atoms with E-state index < -0.39 is 10.9 Å². The van der Waals surface area contributed by atoms with Crippen molar-refractivity contribution in [3.63, 3.8) is 0 Å². The quantitative estimate of drug-likeness (QED) is 0.357. The van der Waals surface area contributed by atoms with E-state index in [1.807, 2.05) is 31.2 Å². The summed E-state index contributed by atoms with van der Waals surface area (Å²) in [6.07, 6.45) is 1.04. The molecule has 0 spiro atoms. The van der Waals surface area contributed by atoms with Gasteiger partial charge in [0.05, 0.1) is 17.1 Å². The third-order valence-electron chi connectivity index (χ3n) is 4.25. The molecule has 2 rings (SSSR count). The van der Waals surface area contributed by atoms with Gasteiger partial charge in [-0.25, -0.2) is 4.79 Å². The van der Waals surface area contributed by atoms with E-state index >= 15 is 0 Å². The zero-order valence-electron chi connectivity index (χ0n) is 15.6. The number of benzene rings is 2. The summed E-state index contributed by atoms with van der Waals surface area (Å²) in [5.41, 5.74) is 0.809. The predicted molar refractivity (Wildman–Crippen MR) is 109 cm³/mol. The van der Waals surface area contributed by atoms with Crippen LogP contribution in [0.3, 0.4) is 0 Å². The minimum absolute atomic E-state index is 0.0221. The first-order chi connectivity index (χ1) is 13.4. The Bertz CT molecular complexity index is 885. The molecule has 0 aromatic heterocycles. The number of hydrogen-bond acceptors (Lipinski definition) is 5. The fourth-order valence-corrected chi connectivity index (χ4v) is 3.17. The van der Waals surface area contributed by atoms with Crippen molar-refractivity contribution in [2.24, 2.45) is 5.92 Å². The molecule has 0 bridgehead atoms. The fraction of sp³-hybridized carbons (Fsp3) is 0.300. The molecule has 0 aliphatic heterocycles. The fourth-order valence-electron chi connectivity index (χ4n) is 2.72. The molecule has 0 saturated carbocycles. The second-order valence-electron chi connectivity index (χ2n) is 6.10. The zero-order chi connectivity index (χ0) is 20.7. The van der Waals surface area contributed by atoms with Crippen LogP contribution in [0.15, 0.2) is 46.9 Å². The number of nitrogens with zero attached hydrogens (tertiary/aromatic N) is 1. The molecular formula is C20H21BrN2O5. The van der Waals surface area contributed by atoms with E-state index in [0.717, 1.165) is 10.0 Å². The third-order valence-corrected chi connectivity index (χ3v) is 5.02. The molecule has 0 fully saturated rings. The smallest absolute Gasteiger partial charge is 0.338 e. The summed E-state index contributed by atoms with van der Waals surface area (Å²) in [6.45, 7) is 3.73. The molecule has 148 valence electrons. The third kappa shape index (κ3) is 5.39. The Kier molecular flexibility index (Phi) is 7.69. The van der Waals surface area contributed by atoms with Crippen molar-refractivity contribution in [3.05, 3.63) is 68.2 Å². The van der Waals surface area contributed by atoms with Crippen LogP contribution in [0.4, 0.5) is 11.4 Å². The Morgan fingerprint density at radius 3 is 2.54 bits per heavy atom. The largest absolute Gasteiger partial charge is 0.462 e. The molecule has 7 nitrogen and oxygen atoms in total. The summed E-state index contributed by atoms with van der Waals surface area (Å²) < 4.78 is 5.82. The summed E-state index contributed by atoms with van der Waals surface area (Å²) in [6, 6.07) is 11.4. The number of ether oxygens (including phenoxy) is 1. The molecule has 0 aliphatic carbocycles. The molecule has 1 unspecified atom stereocenters. The number of nitro benzene ring substituents is 1. The number of rotatable bonds is 8. The minimum atomic E-state index is -0.604. The normalized spacial score (nSPS) is 11.5. The zero-order valence-corrected chi connectivity index (χ0v) is 17.2. The summed E-state index contributed by atoms with van der Waals surface area (Å²) in [5, 5.41) is 13.9. The Labute approximate surface area is 171 Å². The number of amides is 1.